The molecule has 2 rings (SSSR count). The first-order chi connectivity index (χ1) is 9.67. The summed E-state index contributed by atoms with van der Waals surface area (Å²) in [5, 5.41) is 3.40. The highest BCUT2D eigenvalue weighted by molar-refractivity contribution is 5.45. The van der Waals surface area contributed by atoms with E-state index in [1.165, 1.54) is 11.1 Å². The smallest absolute Gasteiger partial charge is 0.119 e. The van der Waals surface area contributed by atoms with E-state index in [4.69, 9.17) is 4.74 Å². The number of nitrogens with one attached hydrogen (secondary N) is 1. The van der Waals surface area contributed by atoms with E-state index in [1.54, 1.807) is 0 Å². The van der Waals surface area contributed by atoms with Crippen LogP contribution in [0.4, 0.5) is 5.69 Å². The molecule has 0 aliphatic rings. The van der Waals surface area contributed by atoms with Crippen LogP contribution < -0.4 is 10.1 Å². The Morgan fingerprint density at radius 3 is 2.50 bits per heavy atom. The molecule has 0 saturated carbocycles. The van der Waals surface area contributed by atoms with E-state index in [1.807, 2.05) is 12.1 Å². The highest BCUT2D eigenvalue weighted by Gasteiger charge is 2.04. The molecule has 2 heteroatoms. The maximum atomic E-state index is 5.90. The lowest BCUT2D eigenvalue weighted by molar-refractivity contribution is 0.234. The Morgan fingerprint density at radius 1 is 1.10 bits per heavy atom. The van der Waals surface area contributed by atoms with Crippen LogP contribution in [0.2, 0.25) is 0 Å². The molecule has 0 spiro atoms. The molecule has 106 valence electrons. The van der Waals surface area contributed by atoms with E-state index < -0.39 is 0 Å². The summed E-state index contributed by atoms with van der Waals surface area (Å²) >= 11 is 0. The van der Waals surface area contributed by atoms with Gasteiger partial charge in [0.05, 0.1) is 6.54 Å². The second kappa shape index (κ2) is 6.99. The minimum absolute atomic E-state index is 0.128. The minimum Gasteiger partial charge on any atom is -0.489 e. The molecule has 0 aromatic heterocycles. The zero-order chi connectivity index (χ0) is 14.4. The second-order valence-electron chi connectivity index (χ2n) is 5.18. The van der Waals surface area contributed by atoms with E-state index in [0.29, 0.717) is 0 Å². The molecular weight excluding hydrogens is 246 g/mol. The highest BCUT2D eigenvalue weighted by atomic mass is 16.5. The molecule has 1 N–H and O–H groups in total. The van der Waals surface area contributed by atoms with Crippen molar-refractivity contribution >= 4 is 5.69 Å². The van der Waals surface area contributed by atoms with E-state index in [9.17, 15) is 0 Å². The third-order valence-corrected chi connectivity index (χ3v) is 3.28. The fourth-order valence-electron chi connectivity index (χ4n) is 2.09. The monoisotopic (exact) mass is 269 g/mol. The number of ether oxygens (including phenoxy) is 1. The van der Waals surface area contributed by atoms with Crippen molar-refractivity contribution in [1.82, 2.24) is 0 Å². The largest absolute Gasteiger partial charge is 0.489 e. The van der Waals surface area contributed by atoms with Crippen molar-refractivity contribution in [3.63, 3.8) is 0 Å². The first-order valence-corrected chi connectivity index (χ1v) is 7.23. The Kier molecular flexibility index (Phi) is 5.05. The van der Waals surface area contributed by atoms with Gasteiger partial charge in [0.25, 0.3) is 0 Å². The van der Waals surface area contributed by atoms with Crippen LogP contribution in [0, 0.1) is 6.92 Å². The molecular formula is C18H23NO. The quantitative estimate of drug-likeness (QED) is 0.837. The number of hydrogen-bond acceptors (Lipinski definition) is 2. The van der Waals surface area contributed by atoms with Crippen LogP contribution in [0.1, 0.15) is 25.0 Å². The van der Waals surface area contributed by atoms with Gasteiger partial charge in [-0.15, -0.1) is 0 Å². The molecule has 0 unspecified atom stereocenters. The summed E-state index contributed by atoms with van der Waals surface area (Å²) in [6.07, 6.45) is 1.19. The molecule has 0 aliphatic heterocycles. The van der Waals surface area contributed by atoms with Crippen LogP contribution in [0.15, 0.2) is 48.5 Å². The lowest BCUT2D eigenvalue weighted by atomic mass is 10.2. The maximum absolute atomic E-state index is 5.90. The molecule has 0 heterocycles. The van der Waals surface area contributed by atoms with Crippen molar-refractivity contribution in [2.45, 2.75) is 33.3 Å². The Labute approximate surface area is 121 Å². The molecule has 0 bridgehead atoms. The van der Waals surface area contributed by atoms with E-state index in [-0.39, 0.29) is 6.10 Å². The second-order valence-corrected chi connectivity index (χ2v) is 5.18. The Morgan fingerprint density at radius 2 is 1.85 bits per heavy atom. The van der Waals surface area contributed by atoms with Gasteiger partial charge in [0, 0.05) is 5.69 Å². The molecule has 2 aromatic carbocycles. The number of rotatable bonds is 6. The summed E-state index contributed by atoms with van der Waals surface area (Å²) in [4.78, 5) is 0. The molecule has 0 radical (unpaired) electrons. The Balaban J connectivity index is 1.84. The van der Waals surface area contributed by atoms with Gasteiger partial charge in [-0.2, -0.15) is 0 Å². The summed E-state index contributed by atoms with van der Waals surface area (Å²) in [5.74, 6) is 0.931. The van der Waals surface area contributed by atoms with Crippen LogP contribution >= 0.6 is 0 Å². The minimum atomic E-state index is 0.128. The van der Waals surface area contributed by atoms with Gasteiger partial charge >= 0.3 is 0 Å². The zero-order valence-electron chi connectivity index (χ0n) is 12.5. The lowest BCUT2D eigenvalue weighted by Gasteiger charge is -2.16. The van der Waals surface area contributed by atoms with Crippen molar-refractivity contribution in [2.24, 2.45) is 0 Å². The molecule has 2 nitrogen and oxygen atoms in total. The number of hydrogen-bond donors (Lipinski definition) is 1. The summed E-state index contributed by atoms with van der Waals surface area (Å²) in [6.45, 7) is 7.13. The Bertz CT molecular complexity index is 533. The van der Waals surface area contributed by atoms with Crippen molar-refractivity contribution in [3.8, 4) is 5.75 Å². The van der Waals surface area contributed by atoms with E-state index >= 15 is 0 Å². The van der Waals surface area contributed by atoms with E-state index in [2.05, 4.69) is 62.5 Å². The van der Waals surface area contributed by atoms with Crippen molar-refractivity contribution in [3.05, 3.63) is 59.7 Å². The predicted octanol–water partition coefficient (Wildman–Crippen LogP) is 4.44. The van der Waals surface area contributed by atoms with Crippen molar-refractivity contribution in [1.29, 1.82) is 0 Å². The summed E-state index contributed by atoms with van der Waals surface area (Å²) in [5.41, 5.74) is 3.74. The average Bonchev–Trinajstić information content (AvgIpc) is 2.46. The number of anilines is 1. The third-order valence-electron chi connectivity index (χ3n) is 3.28. The van der Waals surface area contributed by atoms with Gasteiger partial charge in [0.1, 0.15) is 11.9 Å². The van der Waals surface area contributed by atoms with Crippen molar-refractivity contribution in [2.75, 3.05) is 11.9 Å². The lowest BCUT2D eigenvalue weighted by Crippen LogP contribution is -2.22. The van der Waals surface area contributed by atoms with Gasteiger partial charge in [-0.3, -0.25) is 0 Å². The first kappa shape index (κ1) is 14.4. The van der Waals surface area contributed by atoms with Crippen LogP contribution in [-0.2, 0) is 6.42 Å². The first-order valence-electron chi connectivity index (χ1n) is 7.23. The van der Waals surface area contributed by atoms with Crippen LogP contribution in [-0.4, -0.2) is 12.6 Å². The molecule has 1 atom stereocenters. The molecule has 0 fully saturated rings. The summed E-state index contributed by atoms with van der Waals surface area (Å²) < 4.78 is 5.90. The summed E-state index contributed by atoms with van der Waals surface area (Å²) in [7, 11) is 0. The van der Waals surface area contributed by atoms with Gasteiger partial charge in [0.2, 0.25) is 0 Å². The molecule has 20 heavy (non-hydrogen) atoms. The van der Waals surface area contributed by atoms with Crippen LogP contribution in [0.25, 0.3) is 0 Å². The highest BCUT2D eigenvalue weighted by Crippen LogP contribution is 2.15. The van der Waals surface area contributed by atoms with Gasteiger partial charge in [0.15, 0.2) is 0 Å². The zero-order valence-corrected chi connectivity index (χ0v) is 12.5. The average molecular weight is 269 g/mol. The number of aryl methyl sites for hydroxylation is 2. The molecule has 2 aromatic rings. The van der Waals surface area contributed by atoms with E-state index in [0.717, 1.165) is 24.4 Å². The topological polar surface area (TPSA) is 21.3 Å². The fourth-order valence-corrected chi connectivity index (χ4v) is 2.09. The van der Waals surface area contributed by atoms with Gasteiger partial charge < -0.3 is 10.1 Å². The number of benzene rings is 2. The predicted molar refractivity (Wildman–Crippen MR) is 85.6 cm³/mol. The molecule has 0 aliphatic carbocycles. The van der Waals surface area contributed by atoms with Crippen LogP contribution in [0.3, 0.4) is 0 Å². The SMILES string of the molecule is CCc1ccc(O[C@H](C)CNc2cccc(C)c2)cc1. The standard InChI is InChI=1S/C18H23NO/c1-4-16-8-10-18(11-9-16)20-15(3)13-19-17-7-5-6-14(2)12-17/h5-12,15,19H,4,13H2,1-3H3/t15-/m1/s1. The van der Waals surface area contributed by atoms with Crippen molar-refractivity contribution < 1.29 is 4.74 Å². The van der Waals surface area contributed by atoms with Gasteiger partial charge in [-0.25, -0.2) is 0 Å². The third kappa shape index (κ3) is 4.30. The van der Waals surface area contributed by atoms with Gasteiger partial charge in [-0.1, -0.05) is 31.2 Å². The fraction of sp³-hybridized carbons (Fsp3) is 0.333. The van der Waals surface area contributed by atoms with Gasteiger partial charge in [-0.05, 0) is 55.7 Å². The Hall–Kier alpha value is -1.96. The summed E-state index contributed by atoms with van der Waals surface area (Å²) in [6, 6.07) is 16.7. The van der Waals surface area contributed by atoms with Crippen LogP contribution in [0.5, 0.6) is 5.75 Å². The molecule has 0 amide bonds. The maximum Gasteiger partial charge on any atom is 0.119 e. The molecule has 0 saturated heterocycles. The normalized spacial score (nSPS) is 11.9.